The van der Waals surface area contributed by atoms with Gasteiger partial charge in [0, 0.05) is 25.7 Å². The van der Waals surface area contributed by atoms with Crippen LogP contribution in [-0.4, -0.2) is 29.5 Å². The molecule has 5 heteroatoms. The highest BCUT2D eigenvalue weighted by Crippen LogP contribution is 2.17. The Bertz CT molecular complexity index is 757. The van der Waals surface area contributed by atoms with E-state index in [-0.39, 0.29) is 5.82 Å². The Labute approximate surface area is 134 Å². The fourth-order valence-electron chi connectivity index (χ4n) is 2.59. The number of halogens is 1. The topological polar surface area (TPSA) is 55.3 Å². The summed E-state index contributed by atoms with van der Waals surface area (Å²) in [5.41, 5.74) is 8.15. The molecular formula is C18H20FN3O. The van der Waals surface area contributed by atoms with E-state index in [4.69, 9.17) is 10.2 Å². The van der Waals surface area contributed by atoms with Crippen LogP contribution < -0.4 is 5.73 Å². The lowest BCUT2D eigenvalue weighted by Gasteiger charge is -2.19. The first-order valence-electron chi connectivity index (χ1n) is 7.76. The Hall–Kier alpha value is -2.24. The summed E-state index contributed by atoms with van der Waals surface area (Å²) < 4.78 is 18.9. The van der Waals surface area contributed by atoms with Crippen molar-refractivity contribution >= 4 is 11.1 Å². The maximum Gasteiger partial charge on any atom is 0.209 e. The lowest BCUT2D eigenvalue weighted by atomic mass is 10.1. The highest BCUT2D eigenvalue weighted by molar-refractivity contribution is 5.72. The van der Waals surface area contributed by atoms with Crippen molar-refractivity contribution in [1.82, 2.24) is 9.88 Å². The van der Waals surface area contributed by atoms with Crippen LogP contribution in [0.15, 0.2) is 52.9 Å². The fourth-order valence-corrected chi connectivity index (χ4v) is 2.59. The van der Waals surface area contributed by atoms with Crippen LogP contribution in [0.3, 0.4) is 0 Å². The van der Waals surface area contributed by atoms with E-state index in [1.165, 1.54) is 17.7 Å². The average molecular weight is 313 g/mol. The van der Waals surface area contributed by atoms with E-state index < -0.39 is 0 Å². The van der Waals surface area contributed by atoms with Crippen LogP contribution >= 0.6 is 0 Å². The molecule has 4 nitrogen and oxygen atoms in total. The third-order valence-corrected chi connectivity index (χ3v) is 3.76. The van der Waals surface area contributed by atoms with Crippen molar-refractivity contribution in [3.05, 3.63) is 65.8 Å². The predicted molar refractivity (Wildman–Crippen MR) is 88.4 cm³/mol. The molecule has 0 atom stereocenters. The number of hydrogen-bond donors (Lipinski definition) is 1. The van der Waals surface area contributed by atoms with Crippen molar-refractivity contribution < 1.29 is 8.81 Å². The highest BCUT2D eigenvalue weighted by Gasteiger charge is 2.12. The molecule has 1 aromatic heterocycles. The zero-order chi connectivity index (χ0) is 16.1. The summed E-state index contributed by atoms with van der Waals surface area (Å²) >= 11 is 0. The summed E-state index contributed by atoms with van der Waals surface area (Å²) in [4.78, 5) is 6.56. The lowest BCUT2D eigenvalue weighted by Crippen LogP contribution is -2.31. The Kier molecular flexibility index (Phi) is 5.00. The first-order valence-corrected chi connectivity index (χ1v) is 7.76. The zero-order valence-electron chi connectivity index (χ0n) is 12.9. The summed E-state index contributed by atoms with van der Waals surface area (Å²) in [6.45, 7) is 2.78. The smallest absolute Gasteiger partial charge is 0.209 e. The summed E-state index contributed by atoms with van der Waals surface area (Å²) in [6.07, 6.45) is 0.940. The van der Waals surface area contributed by atoms with E-state index in [1.54, 1.807) is 6.07 Å². The van der Waals surface area contributed by atoms with Crippen molar-refractivity contribution in [2.45, 2.75) is 13.0 Å². The maximum absolute atomic E-state index is 13.2. The molecule has 2 N–H and O–H groups in total. The van der Waals surface area contributed by atoms with Crippen molar-refractivity contribution in [2.75, 3.05) is 19.6 Å². The van der Waals surface area contributed by atoms with Crippen molar-refractivity contribution in [1.29, 1.82) is 0 Å². The van der Waals surface area contributed by atoms with Gasteiger partial charge in [-0.25, -0.2) is 9.37 Å². The molecule has 0 fully saturated rings. The van der Waals surface area contributed by atoms with Gasteiger partial charge in [-0.1, -0.05) is 30.3 Å². The SMILES string of the molecule is NCCN(CCc1ccccc1)Cc1nc2cc(F)ccc2o1. The van der Waals surface area contributed by atoms with Crippen LogP contribution in [0.1, 0.15) is 11.5 Å². The number of hydrogen-bond acceptors (Lipinski definition) is 4. The Morgan fingerprint density at radius 2 is 1.91 bits per heavy atom. The summed E-state index contributed by atoms with van der Waals surface area (Å²) in [5.74, 6) is 0.285. The third-order valence-electron chi connectivity index (χ3n) is 3.76. The van der Waals surface area contributed by atoms with Crippen molar-refractivity contribution in [2.24, 2.45) is 5.73 Å². The first-order chi connectivity index (χ1) is 11.2. The molecule has 120 valence electrons. The van der Waals surface area contributed by atoms with E-state index in [1.807, 2.05) is 18.2 Å². The van der Waals surface area contributed by atoms with E-state index in [9.17, 15) is 4.39 Å². The van der Waals surface area contributed by atoms with Crippen LogP contribution in [0, 0.1) is 5.82 Å². The largest absolute Gasteiger partial charge is 0.439 e. The summed E-state index contributed by atoms with van der Waals surface area (Å²) in [7, 11) is 0. The molecule has 0 amide bonds. The number of benzene rings is 2. The molecular weight excluding hydrogens is 293 g/mol. The number of oxazole rings is 1. The van der Waals surface area contributed by atoms with Crippen LogP contribution in [0.2, 0.25) is 0 Å². The monoisotopic (exact) mass is 313 g/mol. The van der Waals surface area contributed by atoms with Gasteiger partial charge in [0.25, 0.3) is 0 Å². The molecule has 0 spiro atoms. The van der Waals surface area contributed by atoms with Gasteiger partial charge in [-0.05, 0) is 24.1 Å². The van der Waals surface area contributed by atoms with Gasteiger partial charge in [0.15, 0.2) is 5.58 Å². The van der Waals surface area contributed by atoms with Crippen molar-refractivity contribution in [3.63, 3.8) is 0 Å². The van der Waals surface area contributed by atoms with Gasteiger partial charge >= 0.3 is 0 Å². The molecule has 23 heavy (non-hydrogen) atoms. The van der Waals surface area contributed by atoms with Crippen molar-refractivity contribution in [3.8, 4) is 0 Å². The van der Waals surface area contributed by atoms with E-state index in [0.29, 0.717) is 30.1 Å². The molecule has 0 bridgehead atoms. The van der Waals surface area contributed by atoms with Crippen LogP contribution in [0.25, 0.3) is 11.1 Å². The zero-order valence-corrected chi connectivity index (χ0v) is 12.9. The Morgan fingerprint density at radius 3 is 2.70 bits per heavy atom. The molecule has 0 saturated carbocycles. The minimum absolute atomic E-state index is 0.305. The molecule has 1 heterocycles. The van der Waals surface area contributed by atoms with Crippen LogP contribution in [-0.2, 0) is 13.0 Å². The molecule has 2 aromatic carbocycles. The lowest BCUT2D eigenvalue weighted by molar-refractivity contribution is 0.250. The number of fused-ring (bicyclic) bond motifs is 1. The van der Waals surface area contributed by atoms with E-state index in [0.717, 1.165) is 19.5 Å². The number of aromatic nitrogens is 1. The van der Waals surface area contributed by atoms with Crippen LogP contribution in [0.4, 0.5) is 4.39 Å². The van der Waals surface area contributed by atoms with Gasteiger partial charge < -0.3 is 10.2 Å². The summed E-state index contributed by atoms with van der Waals surface area (Å²) in [6, 6.07) is 14.7. The molecule has 0 aliphatic rings. The third kappa shape index (κ3) is 4.15. The standard InChI is InChI=1S/C18H20FN3O/c19-15-6-7-17-16(12-15)21-18(23-17)13-22(11-9-20)10-8-14-4-2-1-3-5-14/h1-7,12H,8-11,13,20H2. The van der Waals surface area contributed by atoms with Crippen LogP contribution in [0.5, 0.6) is 0 Å². The van der Waals surface area contributed by atoms with Gasteiger partial charge in [0.1, 0.15) is 11.3 Å². The minimum Gasteiger partial charge on any atom is -0.439 e. The van der Waals surface area contributed by atoms with Gasteiger partial charge in [-0.3, -0.25) is 4.90 Å². The normalized spacial score (nSPS) is 11.4. The first kappa shape index (κ1) is 15.6. The van der Waals surface area contributed by atoms with Gasteiger partial charge in [-0.2, -0.15) is 0 Å². The Balaban J connectivity index is 1.67. The molecule has 0 unspecified atom stereocenters. The number of nitrogens with two attached hydrogens (primary N) is 1. The van der Waals surface area contributed by atoms with E-state index >= 15 is 0 Å². The summed E-state index contributed by atoms with van der Waals surface area (Å²) in [5, 5.41) is 0. The second-order valence-corrected chi connectivity index (χ2v) is 5.52. The molecule has 0 radical (unpaired) electrons. The predicted octanol–water partition coefficient (Wildman–Crippen LogP) is 2.97. The second kappa shape index (κ2) is 7.35. The van der Waals surface area contributed by atoms with Gasteiger partial charge in [0.2, 0.25) is 5.89 Å². The van der Waals surface area contributed by atoms with Gasteiger partial charge in [0.05, 0.1) is 6.54 Å². The number of nitrogens with zero attached hydrogens (tertiary/aromatic N) is 2. The van der Waals surface area contributed by atoms with Gasteiger partial charge in [-0.15, -0.1) is 0 Å². The Morgan fingerprint density at radius 1 is 1.09 bits per heavy atom. The highest BCUT2D eigenvalue weighted by atomic mass is 19.1. The quantitative estimate of drug-likeness (QED) is 0.728. The average Bonchev–Trinajstić information content (AvgIpc) is 2.95. The second-order valence-electron chi connectivity index (χ2n) is 5.52. The molecule has 0 aliphatic carbocycles. The number of rotatable bonds is 7. The fraction of sp³-hybridized carbons (Fsp3) is 0.278. The van der Waals surface area contributed by atoms with E-state index in [2.05, 4.69) is 22.0 Å². The molecule has 3 aromatic rings. The molecule has 0 aliphatic heterocycles. The minimum atomic E-state index is -0.305. The maximum atomic E-state index is 13.2. The molecule has 3 rings (SSSR count). The molecule has 0 saturated heterocycles.